The van der Waals surface area contributed by atoms with Crippen LogP contribution in [-0.2, 0) is 19.9 Å². The number of sulfonamides is 1. The molecule has 3 N–H and O–H groups in total. The van der Waals surface area contributed by atoms with Gasteiger partial charge in [-0.25, -0.2) is 26.4 Å². The molecule has 6 nitrogen and oxygen atoms in total. The van der Waals surface area contributed by atoms with Crippen LogP contribution < -0.4 is 5.14 Å². The molecule has 9 heteroatoms. The van der Waals surface area contributed by atoms with E-state index in [2.05, 4.69) is 0 Å². The van der Waals surface area contributed by atoms with Crippen LogP contribution in [0.3, 0.4) is 0 Å². The molecular weight excluding hydrogens is 285 g/mol. The number of aliphatic hydroxyl groups is 1. The third kappa shape index (κ3) is 4.02. The van der Waals surface area contributed by atoms with Gasteiger partial charge >= 0.3 is 0 Å². The van der Waals surface area contributed by atoms with Crippen LogP contribution in [0, 0.1) is 5.82 Å². The molecule has 0 heterocycles. The molecule has 0 saturated heterocycles. The number of primary sulfonamides is 1. The lowest BCUT2D eigenvalue weighted by atomic mass is 10.1. The quantitative estimate of drug-likeness (QED) is 0.781. The SMILES string of the molecule is CS(=O)(=O)c1cc(F)ccc1C(O)CS(N)(=O)=O. The molecule has 1 aromatic rings. The smallest absolute Gasteiger partial charge is 0.211 e. The first-order valence-corrected chi connectivity index (χ1v) is 8.29. The van der Waals surface area contributed by atoms with Crippen LogP contribution in [0.15, 0.2) is 23.1 Å². The van der Waals surface area contributed by atoms with E-state index in [-0.39, 0.29) is 5.56 Å². The Balaban J connectivity index is 3.33. The van der Waals surface area contributed by atoms with Gasteiger partial charge in [0.25, 0.3) is 0 Å². The molecule has 1 unspecified atom stereocenters. The zero-order chi connectivity index (χ0) is 14.1. The number of rotatable bonds is 4. The first kappa shape index (κ1) is 15.0. The Labute approximate surface area is 104 Å². The van der Waals surface area contributed by atoms with E-state index in [0.717, 1.165) is 24.5 Å². The standard InChI is InChI=1S/C9H12FNO5S2/c1-17(13,14)9-4-6(10)2-3-7(9)8(12)5-18(11,15)16/h2-4,8,12H,5H2,1H3,(H2,11,15,16). The van der Waals surface area contributed by atoms with Crippen molar-refractivity contribution >= 4 is 19.9 Å². The fraction of sp³-hybridized carbons (Fsp3) is 0.333. The fourth-order valence-corrected chi connectivity index (χ4v) is 2.99. The summed E-state index contributed by atoms with van der Waals surface area (Å²) in [5, 5.41) is 14.4. The average Bonchev–Trinajstić information content (AvgIpc) is 2.13. The highest BCUT2D eigenvalue weighted by molar-refractivity contribution is 7.90. The highest BCUT2D eigenvalue weighted by Gasteiger charge is 2.23. The van der Waals surface area contributed by atoms with Crippen LogP contribution in [0.1, 0.15) is 11.7 Å². The number of aliphatic hydroxyl groups excluding tert-OH is 1. The van der Waals surface area contributed by atoms with Crippen molar-refractivity contribution in [3.8, 4) is 0 Å². The Bertz CT molecular complexity index is 654. The van der Waals surface area contributed by atoms with E-state index in [1.54, 1.807) is 0 Å². The first-order valence-electron chi connectivity index (χ1n) is 4.69. The Morgan fingerprint density at radius 1 is 1.33 bits per heavy atom. The van der Waals surface area contributed by atoms with Crippen LogP contribution >= 0.6 is 0 Å². The maximum absolute atomic E-state index is 13.0. The zero-order valence-corrected chi connectivity index (χ0v) is 11.0. The summed E-state index contributed by atoms with van der Waals surface area (Å²) in [4.78, 5) is -0.460. The third-order valence-corrected chi connectivity index (χ3v) is 4.06. The average molecular weight is 297 g/mol. The molecule has 0 aliphatic rings. The summed E-state index contributed by atoms with van der Waals surface area (Å²) in [6.45, 7) is 0. The molecule has 0 spiro atoms. The maximum Gasteiger partial charge on any atom is 0.211 e. The molecule has 102 valence electrons. The van der Waals surface area contributed by atoms with Gasteiger partial charge in [-0.2, -0.15) is 0 Å². The molecule has 0 aliphatic carbocycles. The minimum absolute atomic E-state index is 0.201. The summed E-state index contributed by atoms with van der Waals surface area (Å²) in [6, 6.07) is 2.66. The summed E-state index contributed by atoms with van der Waals surface area (Å²) in [7, 11) is -7.77. The highest BCUT2D eigenvalue weighted by atomic mass is 32.2. The molecule has 1 atom stereocenters. The second-order valence-electron chi connectivity index (χ2n) is 3.80. The van der Waals surface area contributed by atoms with E-state index < -0.39 is 42.4 Å². The Morgan fingerprint density at radius 2 is 1.89 bits per heavy atom. The second kappa shape index (κ2) is 4.92. The number of nitrogens with two attached hydrogens (primary N) is 1. The Morgan fingerprint density at radius 3 is 2.33 bits per heavy atom. The van der Waals surface area contributed by atoms with E-state index >= 15 is 0 Å². The fourth-order valence-electron chi connectivity index (χ4n) is 1.41. The van der Waals surface area contributed by atoms with Crippen molar-refractivity contribution in [1.82, 2.24) is 0 Å². The van der Waals surface area contributed by atoms with Gasteiger partial charge in [0, 0.05) is 11.8 Å². The van der Waals surface area contributed by atoms with Crippen LogP contribution in [0.25, 0.3) is 0 Å². The predicted octanol–water partition coefficient (Wildman–Crippen LogP) is -0.449. The van der Waals surface area contributed by atoms with Crippen LogP contribution in [-0.4, -0.2) is 34.0 Å². The van der Waals surface area contributed by atoms with Crippen molar-refractivity contribution in [3.63, 3.8) is 0 Å². The van der Waals surface area contributed by atoms with Crippen LogP contribution in [0.4, 0.5) is 4.39 Å². The van der Waals surface area contributed by atoms with E-state index in [9.17, 15) is 26.3 Å². The number of hydrogen-bond acceptors (Lipinski definition) is 5. The number of sulfone groups is 1. The van der Waals surface area contributed by atoms with Crippen molar-refractivity contribution in [2.24, 2.45) is 5.14 Å². The Kier molecular flexibility index (Phi) is 4.11. The summed E-state index contributed by atoms with van der Waals surface area (Å²) >= 11 is 0. The van der Waals surface area contributed by atoms with Crippen molar-refractivity contribution < 1.29 is 26.3 Å². The van der Waals surface area contributed by atoms with Gasteiger partial charge < -0.3 is 5.11 Å². The monoisotopic (exact) mass is 297 g/mol. The van der Waals surface area contributed by atoms with Crippen LogP contribution in [0.2, 0.25) is 0 Å². The number of hydrogen-bond donors (Lipinski definition) is 2. The molecule has 0 radical (unpaired) electrons. The van der Waals surface area contributed by atoms with E-state index in [1.807, 2.05) is 0 Å². The van der Waals surface area contributed by atoms with E-state index in [1.165, 1.54) is 0 Å². The minimum Gasteiger partial charge on any atom is -0.387 e. The minimum atomic E-state index is -3.98. The first-order chi connectivity index (χ1) is 8.00. The predicted molar refractivity (Wildman–Crippen MR) is 62.4 cm³/mol. The maximum atomic E-state index is 13.0. The number of benzene rings is 1. The molecule has 1 aromatic carbocycles. The molecule has 0 aliphatic heterocycles. The van der Waals surface area contributed by atoms with Gasteiger partial charge in [0.1, 0.15) is 5.82 Å². The zero-order valence-electron chi connectivity index (χ0n) is 9.37. The highest BCUT2D eigenvalue weighted by Crippen LogP contribution is 2.24. The molecule has 0 fully saturated rings. The van der Waals surface area contributed by atoms with Crippen molar-refractivity contribution in [1.29, 1.82) is 0 Å². The second-order valence-corrected chi connectivity index (χ2v) is 7.44. The van der Waals surface area contributed by atoms with E-state index in [0.29, 0.717) is 0 Å². The molecule has 0 amide bonds. The largest absolute Gasteiger partial charge is 0.387 e. The molecular formula is C9H12FNO5S2. The van der Waals surface area contributed by atoms with Gasteiger partial charge in [0.05, 0.1) is 16.8 Å². The van der Waals surface area contributed by atoms with Gasteiger partial charge in [0.2, 0.25) is 10.0 Å². The summed E-state index contributed by atoms with van der Waals surface area (Å²) in [6.07, 6.45) is -0.806. The molecule has 0 aromatic heterocycles. The van der Waals surface area contributed by atoms with Gasteiger partial charge in [-0.05, 0) is 12.1 Å². The normalized spacial score (nSPS) is 14.4. The third-order valence-electron chi connectivity index (χ3n) is 2.12. The number of halogens is 1. The van der Waals surface area contributed by atoms with Crippen LogP contribution in [0.5, 0.6) is 0 Å². The lowest BCUT2D eigenvalue weighted by Gasteiger charge is -2.13. The summed E-state index contributed by atoms with van der Waals surface area (Å²) < 4.78 is 57.5. The van der Waals surface area contributed by atoms with Gasteiger partial charge in [-0.1, -0.05) is 6.07 Å². The van der Waals surface area contributed by atoms with Gasteiger partial charge in [-0.3, -0.25) is 0 Å². The van der Waals surface area contributed by atoms with Gasteiger partial charge in [-0.15, -0.1) is 0 Å². The van der Waals surface area contributed by atoms with Crippen molar-refractivity contribution in [2.75, 3.05) is 12.0 Å². The van der Waals surface area contributed by atoms with Crippen molar-refractivity contribution in [2.45, 2.75) is 11.0 Å². The van der Waals surface area contributed by atoms with E-state index in [4.69, 9.17) is 5.14 Å². The molecule has 0 saturated carbocycles. The Hall–Kier alpha value is -1.03. The molecule has 18 heavy (non-hydrogen) atoms. The van der Waals surface area contributed by atoms with Gasteiger partial charge in [0.15, 0.2) is 9.84 Å². The topological polar surface area (TPSA) is 115 Å². The molecule has 1 rings (SSSR count). The van der Waals surface area contributed by atoms with Crippen molar-refractivity contribution in [3.05, 3.63) is 29.6 Å². The molecule has 0 bridgehead atoms. The summed E-state index contributed by atoms with van der Waals surface area (Å²) in [5.41, 5.74) is -0.201. The summed E-state index contributed by atoms with van der Waals surface area (Å²) in [5.74, 6) is -1.65. The lowest BCUT2D eigenvalue weighted by molar-refractivity contribution is 0.198. The lowest BCUT2D eigenvalue weighted by Crippen LogP contribution is -2.23.